The molecule has 0 amide bonds. The van der Waals surface area contributed by atoms with Crippen LogP contribution >= 0.6 is 72.8 Å². The van der Waals surface area contributed by atoms with Crippen LogP contribution in [0.1, 0.15) is 15.8 Å². The van der Waals surface area contributed by atoms with Crippen LogP contribution in [0.2, 0.25) is 0 Å². The second-order valence-electron chi connectivity index (χ2n) is 2.69. The molecular weight excluding hydrogens is 414 g/mol. The first-order valence-electron chi connectivity index (χ1n) is 3.80. The van der Waals surface area contributed by atoms with Gasteiger partial charge in [0.15, 0.2) is 0 Å². The normalized spacial score (nSPS) is 13.1. The van der Waals surface area contributed by atoms with Crippen LogP contribution in [-0.2, 0) is 0 Å². The van der Waals surface area contributed by atoms with Gasteiger partial charge < -0.3 is 0 Å². The number of alkyl halides is 1. The molecule has 0 aliphatic rings. The van der Waals surface area contributed by atoms with Gasteiger partial charge in [0.05, 0.1) is 12.0 Å². The maximum absolute atomic E-state index is 6.35. The van der Waals surface area contributed by atoms with Crippen molar-refractivity contribution in [1.29, 1.82) is 0 Å². The number of halogens is 3. The molecule has 0 bridgehead atoms. The summed E-state index contributed by atoms with van der Waals surface area (Å²) >= 11 is 15.5. The van der Waals surface area contributed by atoms with E-state index >= 15 is 0 Å². The summed E-state index contributed by atoms with van der Waals surface area (Å²) in [5.74, 6) is 0. The molecule has 2 aromatic heterocycles. The fourth-order valence-corrected chi connectivity index (χ4v) is 4.32. The highest BCUT2D eigenvalue weighted by Gasteiger charge is 2.14. The standard InChI is InChI=1S/C9H5BrClIS2/c10-7-2-1-6(14-7)9(11)5-3-8(12)13-4-5/h1-4,9H. The molecule has 0 radical (unpaired) electrons. The van der Waals surface area contributed by atoms with Crippen LogP contribution in [0, 0.1) is 2.88 Å². The zero-order valence-corrected chi connectivity index (χ0v) is 13.0. The Kier molecular flexibility index (Phi) is 3.92. The molecule has 0 fully saturated rings. The van der Waals surface area contributed by atoms with Crippen molar-refractivity contribution in [3.8, 4) is 0 Å². The van der Waals surface area contributed by atoms with E-state index in [2.05, 4.69) is 56.0 Å². The van der Waals surface area contributed by atoms with E-state index in [0.717, 1.165) is 3.79 Å². The minimum Gasteiger partial charge on any atom is -0.137 e. The molecule has 0 aliphatic heterocycles. The highest BCUT2D eigenvalue weighted by Crippen LogP contribution is 2.37. The zero-order valence-electron chi connectivity index (χ0n) is 6.84. The van der Waals surface area contributed by atoms with Crippen molar-refractivity contribution in [3.05, 3.63) is 40.7 Å². The smallest absolute Gasteiger partial charge is 0.0936 e. The first kappa shape index (κ1) is 11.4. The first-order valence-corrected chi connectivity index (χ1v) is 7.80. The molecule has 2 rings (SSSR count). The van der Waals surface area contributed by atoms with Crippen molar-refractivity contribution in [2.24, 2.45) is 0 Å². The molecule has 2 aromatic rings. The maximum atomic E-state index is 6.35. The summed E-state index contributed by atoms with van der Waals surface area (Å²) in [4.78, 5) is 1.19. The monoisotopic (exact) mass is 418 g/mol. The molecule has 74 valence electrons. The van der Waals surface area contributed by atoms with Gasteiger partial charge in [0.1, 0.15) is 0 Å². The quantitative estimate of drug-likeness (QED) is 0.445. The van der Waals surface area contributed by atoms with Crippen LogP contribution in [-0.4, -0.2) is 0 Å². The Morgan fingerprint density at radius 3 is 2.71 bits per heavy atom. The SMILES string of the molecule is ClC(c1csc(I)c1)c1ccc(Br)s1. The summed E-state index contributed by atoms with van der Waals surface area (Å²) in [5.41, 5.74) is 1.19. The van der Waals surface area contributed by atoms with Crippen LogP contribution in [0.4, 0.5) is 0 Å². The summed E-state index contributed by atoms with van der Waals surface area (Å²) in [6.07, 6.45) is 0. The molecule has 2 heterocycles. The molecule has 0 spiro atoms. The lowest BCUT2D eigenvalue weighted by Crippen LogP contribution is -1.85. The summed E-state index contributed by atoms with van der Waals surface area (Å²) in [6, 6.07) is 6.24. The molecule has 0 nitrogen and oxygen atoms in total. The molecule has 5 heteroatoms. The topological polar surface area (TPSA) is 0 Å². The van der Waals surface area contributed by atoms with E-state index in [9.17, 15) is 0 Å². The molecule has 1 unspecified atom stereocenters. The number of thiophene rings is 2. The molecule has 1 atom stereocenters. The lowest BCUT2D eigenvalue weighted by molar-refractivity contribution is 1.20. The van der Waals surface area contributed by atoms with Crippen molar-refractivity contribution >= 4 is 72.8 Å². The van der Waals surface area contributed by atoms with Gasteiger partial charge in [-0.3, -0.25) is 0 Å². The summed E-state index contributed by atoms with van der Waals surface area (Å²) < 4.78 is 2.40. The largest absolute Gasteiger partial charge is 0.137 e. The number of hydrogen-bond donors (Lipinski definition) is 0. The van der Waals surface area contributed by atoms with E-state index in [0.29, 0.717) is 0 Å². The molecule has 0 aromatic carbocycles. The third kappa shape index (κ3) is 2.52. The van der Waals surface area contributed by atoms with Gasteiger partial charge in [-0.05, 0) is 67.7 Å². The third-order valence-electron chi connectivity index (χ3n) is 1.72. The fraction of sp³-hybridized carbons (Fsp3) is 0.111. The van der Waals surface area contributed by atoms with Gasteiger partial charge >= 0.3 is 0 Å². The van der Waals surface area contributed by atoms with E-state index in [1.807, 2.05) is 6.07 Å². The van der Waals surface area contributed by atoms with Crippen molar-refractivity contribution in [2.45, 2.75) is 5.38 Å². The predicted molar refractivity (Wildman–Crippen MR) is 76.8 cm³/mol. The van der Waals surface area contributed by atoms with Gasteiger partial charge in [-0.15, -0.1) is 34.3 Å². The van der Waals surface area contributed by atoms with E-state index in [4.69, 9.17) is 11.6 Å². The second-order valence-corrected chi connectivity index (χ2v) is 8.43. The minimum absolute atomic E-state index is 0.00827. The van der Waals surface area contributed by atoms with Crippen molar-refractivity contribution in [2.75, 3.05) is 0 Å². The first-order chi connectivity index (χ1) is 6.66. The van der Waals surface area contributed by atoms with E-state index in [1.165, 1.54) is 13.3 Å². The summed E-state index contributed by atoms with van der Waals surface area (Å²) in [5, 5.41) is 2.11. The van der Waals surface area contributed by atoms with Crippen molar-refractivity contribution in [3.63, 3.8) is 0 Å². The lowest BCUT2D eigenvalue weighted by Gasteiger charge is -2.02. The van der Waals surface area contributed by atoms with E-state index in [1.54, 1.807) is 22.7 Å². The van der Waals surface area contributed by atoms with Crippen LogP contribution < -0.4 is 0 Å². The van der Waals surface area contributed by atoms with Crippen LogP contribution in [0.5, 0.6) is 0 Å². The van der Waals surface area contributed by atoms with E-state index < -0.39 is 0 Å². The van der Waals surface area contributed by atoms with Gasteiger partial charge in [0, 0.05) is 4.88 Å². The number of rotatable bonds is 2. The maximum Gasteiger partial charge on any atom is 0.0936 e. The molecule has 14 heavy (non-hydrogen) atoms. The summed E-state index contributed by atoms with van der Waals surface area (Å²) in [6.45, 7) is 0. The molecular formula is C9H5BrClIS2. The van der Waals surface area contributed by atoms with Crippen molar-refractivity contribution in [1.82, 2.24) is 0 Å². The molecule has 0 saturated heterocycles. The second kappa shape index (κ2) is 4.82. The molecule has 0 aliphatic carbocycles. The minimum atomic E-state index is -0.00827. The average molecular weight is 420 g/mol. The van der Waals surface area contributed by atoms with Gasteiger partial charge in [-0.25, -0.2) is 0 Å². The Hall–Kier alpha value is 0.900. The summed E-state index contributed by atoms with van der Waals surface area (Å²) in [7, 11) is 0. The lowest BCUT2D eigenvalue weighted by atomic mass is 10.2. The third-order valence-corrected chi connectivity index (χ3v) is 5.84. The van der Waals surface area contributed by atoms with Crippen LogP contribution in [0.25, 0.3) is 0 Å². The Labute approximate surface area is 118 Å². The Bertz CT molecular complexity index is 397. The fourth-order valence-electron chi connectivity index (χ4n) is 1.09. The van der Waals surface area contributed by atoms with Gasteiger partial charge in [-0.1, -0.05) is 0 Å². The predicted octanol–water partition coefficient (Wildman–Crippen LogP) is 5.50. The Balaban J connectivity index is 2.28. The van der Waals surface area contributed by atoms with Crippen LogP contribution in [0.15, 0.2) is 27.4 Å². The van der Waals surface area contributed by atoms with Crippen molar-refractivity contribution < 1.29 is 0 Å². The molecule has 0 saturated carbocycles. The number of hydrogen-bond acceptors (Lipinski definition) is 2. The van der Waals surface area contributed by atoms with Gasteiger partial charge in [-0.2, -0.15) is 0 Å². The van der Waals surface area contributed by atoms with Crippen LogP contribution in [0.3, 0.4) is 0 Å². The van der Waals surface area contributed by atoms with E-state index in [-0.39, 0.29) is 5.38 Å². The van der Waals surface area contributed by atoms with Gasteiger partial charge in [0.25, 0.3) is 0 Å². The Morgan fingerprint density at radius 1 is 1.43 bits per heavy atom. The highest BCUT2D eigenvalue weighted by atomic mass is 127. The van der Waals surface area contributed by atoms with Gasteiger partial charge in [0.2, 0.25) is 0 Å². The molecule has 0 N–H and O–H groups in total. The average Bonchev–Trinajstić information content (AvgIpc) is 2.73. The highest BCUT2D eigenvalue weighted by molar-refractivity contribution is 14.1. The zero-order chi connectivity index (χ0) is 10.1. The Morgan fingerprint density at radius 2 is 2.21 bits per heavy atom.